The molecule has 0 saturated carbocycles. The summed E-state index contributed by atoms with van der Waals surface area (Å²) in [6, 6.07) is 0. The third-order valence-electron chi connectivity index (χ3n) is 2.37. The second-order valence-corrected chi connectivity index (χ2v) is 8.08. The van der Waals surface area contributed by atoms with E-state index in [1.54, 1.807) is 11.8 Å². The highest BCUT2D eigenvalue weighted by atomic mass is 32.2. The Morgan fingerprint density at radius 2 is 2.17 bits per heavy atom. The van der Waals surface area contributed by atoms with Gasteiger partial charge < -0.3 is 11.1 Å². The van der Waals surface area contributed by atoms with E-state index >= 15 is 0 Å². The van der Waals surface area contributed by atoms with Crippen molar-refractivity contribution in [3.63, 3.8) is 0 Å². The van der Waals surface area contributed by atoms with Crippen molar-refractivity contribution >= 4 is 44.1 Å². The summed E-state index contributed by atoms with van der Waals surface area (Å²) >= 11 is 2.77. The van der Waals surface area contributed by atoms with E-state index < -0.39 is 10.0 Å². The van der Waals surface area contributed by atoms with Gasteiger partial charge in [-0.3, -0.25) is 0 Å². The summed E-state index contributed by atoms with van der Waals surface area (Å²) in [5, 5.41) is 3.98. The summed E-state index contributed by atoms with van der Waals surface area (Å²) in [6.45, 7) is 2.72. The molecule has 1 unspecified atom stereocenters. The Morgan fingerprint density at radius 1 is 1.56 bits per heavy atom. The largest absolute Gasteiger partial charge is 0.382 e. The number of nitrogens with one attached hydrogen (secondary N) is 1. The minimum atomic E-state index is -3.56. The number of anilines is 2. The van der Waals surface area contributed by atoms with E-state index in [1.165, 1.54) is 14.1 Å². The third-order valence-corrected chi connectivity index (χ3v) is 6.18. The molecule has 0 aliphatic carbocycles. The number of rotatable bonds is 6. The van der Waals surface area contributed by atoms with Crippen LogP contribution >= 0.6 is 23.3 Å². The molecule has 1 aromatic heterocycles. The van der Waals surface area contributed by atoms with Crippen LogP contribution in [0.25, 0.3) is 0 Å². The Kier molecular flexibility index (Phi) is 5.26. The molecule has 0 aliphatic heterocycles. The quantitative estimate of drug-likeness (QED) is 0.819. The number of hydrogen-bond acceptors (Lipinski definition) is 7. The predicted molar refractivity (Wildman–Crippen MR) is 78.9 cm³/mol. The number of sulfonamides is 1. The summed E-state index contributed by atoms with van der Waals surface area (Å²) < 4.78 is 29.3. The molecule has 9 heteroatoms. The van der Waals surface area contributed by atoms with E-state index in [4.69, 9.17) is 5.73 Å². The van der Waals surface area contributed by atoms with Gasteiger partial charge in [0.25, 0.3) is 0 Å². The fraction of sp³-hybridized carbons (Fsp3) is 0.667. The number of nitrogens with zero attached hydrogens (tertiary/aromatic N) is 2. The van der Waals surface area contributed by atoms with Crippen LogP contribution in [0.5, 0.6) is 0 Å². The Hall–Kier alpha value is -0.510. The van der Waals surface area contributed by atoms with Crippen LogP contribution < -0.4 is 11.1 Å². The van der Waals surface area contributed by atoms with Crippen LogP contribution in [0.1, 0.15) is 6.92 Å². The molecule has 3 N–H and O–H groups in total. The van der Waals surface area contributed by atoms with Crippen LogP contribution in [0.15, 0.2) is 4.90 Å². The molecule has 1 aromatic rings. The molecule has 18 heavy (non-hydrogen) atoms. The highest BCUT2D eigenvalue weighted by Gasteiger charge is 2.27. The Bertz CT molecular complexity index is 498. The fourth-order valence-electron chi connectivity index (χ4n) is 1.16. The third kappa shape index (κ3) is 3.28. The number of nitrogen functional groups attached to an aromatic ring is 1. The van der Waals surface area contributed by atoms with Crippen molar-refractivity contribution < 1.29 is 8.42 Å². The first-order valence-electron chi connectivity index (χ1n) is 5.25. The molecule has 104 valence electrons. The minimum absolute atomic E-state index is 0.0491. The van der Waals surface area contributed by atoms with Crippen LogP contribution in [-0.2, 0) is 10.0 Å². The van der Waals surface area contributed by atoms with E-state index in [-0.39, 0.29) is 10.7 Å². The van der Waals surface area contributed by atoms with Crippen molar-refractivity contribution in [1.82, 2.24) is 8.68 Å². The Morgan fingerprint density at radius 3 is 2.67 bits per heavy atom. The topological polar surface area (TPSA) is 88.3 Å². The molecule has 0 spiro atoms. The molecule has 1 heterocycles. The molecule has 0 amide bonds. The van der Waals surface area contributed by atoms with Gasteiger partial charge >= 0.3 is 0 Å². The molecule has 1 atom stereocenters. The zero-order valence-corrected chi connectivity index (χ0v) is 13.2. The van der Waals surface area contributed by atoms with Crippen molar-refractivity contribution in [2.24, 2.45) is 0 Å². The summed E-state index contributed by atoms with van der Waals surface area (Å²) in [6.07, 6.45) is 2.00. The van der Waals surface area contributed by atoms with Gasteiger partial charge in [0.05, 0.1) is 0 Å². The highest BCUT2D eigenvalue weighted by molar-refractivity contribution is 7.99. The van der Waals surface area contributed by atoms with E-state index in [0.717, 1.165) is 15.8 Å². The van der Waals surface area contributed by atoms with Crippen LogP contribution in [0.2, 0.25) is 0 Å². The van der Waals surface area contributed by atoms with E-state index in [2.05, 4.69) is 16.6 Å². The molecule has 1 rings (SSSR count). The van der Waals surface area contributed by atoms with Crippen molar-refractivity contribution in [1.29, 1.82) is 0 Å². The Labute approximate surface area is 116 Å². The van der Waals surface area contributed by atoms with Crippen LogP contribution in [-0.4, -0.2) is 49.2 Å². The number of hydrogen-bond donors (Lipinski definition) is 2. The lowest BCUT2D eigenvalue weighted by Gasteiger charge is -2.14. The lowest BCUT2D eigenvalue weighted by molar-refractivity contribution is 0.521. The maximum atomic E-state index is 12.1. The average Bonchev–Trinajstić information content (AvgIpc) is 2.67. The van der Waals surface area contributed by atoms with Crippen LogP contribution in [0.4, 0.5) is 10.8 Å². The molecule has 0 fully saturated rings. The highest BCUT2D eigenvalue weighted by Crippen LogP contribution is 2.33. The number of thioether (sulfide) groups is 1. The second kappa shape index (κ2) is 6.09. The van der Waals surface area contributed by atoms with Crippen LogP contribution in [0.3, 0.4) is 0 Å². The van der Waals surface area contributed by atoms with Gasteiger partial charge in [-0.1, -0.05) is 6.92 Å². The molecular weight excluding hydrogens is 292 g/mol. The predicted octanol–water partition coefficient (Wildman–Crippen LogP) is 1.14. The standard InChI is InChI=1S/C9H18N4O2S3/c1-6(16-4)5-11-9-7(8(10)12-17-9)18(14,15)13(2)3/h6,11H,5H2,1-4H3,(H2,10,12). The Balaban J connectivity index is 3.03. The second-order valence-electron chi connectivity index (χ2n) is 3.94. The maximum absolute atomic E-state index is 12.1. The monoisotopic (exact) mass is 310 g/mol. The SMILES string of the molecule is CSC(C)CNc1snc(N)c1S(=O)(=O)N(C)C. The summed E-state index contributed by atoms with van der Waals surface area (Å²) in [7, 11) is -0.617. The van der Waals surface area contributed by atoms with Gasteiger partial charge in [0.15, 0.2) is 10.7 Å². The first-order chi connectivity index (χ1) is 8.30. The molecular formula is C9H18N4O2S3. The van der Waals surface area contributed by atoms with Crippen molar-refractivity contribution in [2.75, 3.05) is 37.9 Å². The van der Waals surface area contributed by atoms with E-state index in [9.17, 15) is 8.42 Å². The molecule has 6 nitrogen and oxygen atoms in total. The smallest absolute Gasteiger partial charge is 0.249 e. The van der Waals surface area contributed by atoms with Crippen LogP contribution in [0, 0.1) is 0 Å². The van der Waals surface area contributed by atoms with Gasteiger partial charge in [0.1, 0.15) is 5.00 Å². The number of nitrogens with two attached hydrogens (primary N) is 1. The normalized spacial score (nSPS) is 13.8. The van der Waals surface area contributed by atoms with Gasteiger partial charge in [-0.25, -0.2) is 12.7 Å². The van der Waals surface area contributed by atoms with Gasteiger partial charge in [-0.05, 0) is 17.8 Å². The summed E-state index contributed by atoms with van der Waals surface area (Å²) in [5.74, 6) is 0.0491. The molecule has 0 aliphatic rings. The van der Waals surface area contributed by atoms with E-state index in [0.29, 0.717) is 16.8 Å². The first kappa shape index (κ1) is 15.5. The van der Waals surface area contributed by atoms with Crippen molar-refractivity contribution in [3.05, 3.63) is 0 Å². The van der Waals surface area contributed by atoms with Crippen molar-refractivity contribution in [3.8, 4) is 0 Å². The summed E-state index contributed by atoms with van der Waals surface area (Å²) in [4.78, 5) is 0.0748. The molecule has 0 saturated heterocycles. The van der Waals surface area contributed by atoms with Gasteiger partial charge in [0.2, 0.25) is 10.0 Å². The molecule has 0 radical (unpaired) electrons. The average molecular weight is 310 g/mol. The van der Waals surface area contributed by atoms with Crippen molar-refractivity contribution in [2.45, 2.75) is 17.1 Å². The molecule has 0 aromatic carbocycles. The minimum Gasteiger partial charge on any atom is -0.382 e. The summed E-state index contributed by atoms with van der Waals surface area (Å²) in [5.41, 5.74) is 5.65. The lowest BCUT2D eigenvalue weighted by Crippen LogP contribution is -2.24. The van der Waals surface area contributed by atoms with Gasteiger partial charge in [0, 0.05) is 25.9 Å². The zero-order valence-electron chi connectivity index (χ0n) is 10.8. The maximum Gasteiger partial charge on any atom is 0.249 e. The lowest BCUT2D eigenvalue weighted by atomic mass is 10.4. The molecule has 0 bridgehead atoms. The van der Waals surface area contributed by atoms with Gasteiger partial charge in [-0.2, -0.15) is 16.1 Å². The zero-order chi connectivity index (χ0) is 13.9. The van der Waals surface area contributed by atoms with E-state index in [1.807, 2.05) is 6.26 Å². The number of aromatic nitrogens is 1. The first-order valence-corrected chi connectivity index (χ1v) is 8.75. The van der Waals surface area contributed by atoms with Gasteiger partial charge in [-0.15, -0.1) is 0 Å². The fourth-order valence-corrected chi connectivity index (χ4v) is 3.49.